The van der Waals surface area contributed by atoms with Gasteiger partial charge < -0.3 is 4.74 Å². The third-order valence-electron chi connectivity index (χ3n) is 2.49. The zero-order chi connectivity index (χ0) is 13.5. The summed E-state index contributed by atoms with van der Waals surface area (Å²) in [6.45, 7) is 1.58. The molecule has 0 fully saturated rings. The van der Waals surface area contributed by atoms with Gasteiger partial charge in [0.1, 0.15) is 9.71 Å². The minimum absolute atomic E-state index is 0.277. The number of thiophene rings is 1. The van der Waals surface area contributed by atoms with Gasteiger partial charge in [0.2, 0.25) is 0 Å². The highest BCUT2D eigenvalue weighted by Crippen LogP contribution is 2.35. The Balaban J connectivity index is 2.64. The molecular weight excluding hydrogens is 267 g/mol. The first-order chi connectivity index (χ1) is 8.34. The Morgan fingerprint density at radius 1 is 1.44 bits per heavy atom. The van der Waals surface area contributed by atoms with Crippen molar-refractivity contribution in [1.29, 1.82) is 0 Å². The number of carbonyl (C=O) groups excluding carboxylic acids is 1. The summed E-state index contributed by atoms with van der Waals surface area (Å²) in [5.41, 5.74) is -0.368. The van der Waals surface area contributed by atoms with Crippen LogP contribution in [0.15, 0.2) is 12.3 Å². The topological polar surface area (TPSA) is 39.2 Å². The maximum absolute atomic E-state index is 12.6. The largest absolute Gasteiger partial charge is 0.465 e. The Kier molecular flexibility index (Phi) is 3.02. The van der Waals surface area contributed by atoms with Gasteiger partial charge in [-0.1, -0.05) is 0 Å². The van der Waals surface area contributed by atoms with Gasteiger partial charge in [-0.05, 0) is 18.6 Å². The van der Waals surface area contributed by atoms with Gasteiger partial charge in [-0.3, -0.25) is 0 Å². The number of halogens is 3. The molecule has 0 aliphatic carbocycles. The first kappa shape index (κ1) is 12.8. The normalized spacial score (nSPS) is 11.8. The molecule has 0 saturated carbocycles. The lowest BCUT2D eigenvalue weighted by atomic mass is 10.1. The summed E-state index contributed by atoms with van der Waals surface area (Å²) in [4.78, 5) is 15.8. The fourth-order valence-corrected chi connectivity index (χ4v) is 2.59. The highest BCUT2D eigenvalue weighted by Gasteiger charge is 2.31. The van der Waals surface area contributed by atoms with Crippen LogP contribution in [-0.4, -0.2) is 18.1 Å². The average Bonchev–Trinajstić information content (AvgIpc) is 2.64. The minimum atomic E-state index is -4.44. The molecular formula is C11H8F3NO2S. The fourth-order valence-electron chi connectivity index (χ4n) is 1.54. The van der Waals surface area contributed by atoms with E-state index in [1.807, 2.05) is 0 Å². The SMILES string of the molecule is COC(=O)c1sc2ncc(C(F)(F)F)cc2c1C. The average molecular weight is 275 g/mol. The van der Waals surface area contributed by atoms with Gasteiger partial charge in [-0.2, -0.15) is 13.2 Å². The fraction of sp³-hybridized carbons (Fsp3) is 0.273. The lowest BCUT2D eigenvalue weighted by Gasteiger charge is -2.05. The number of rotatable bonds is 1. The number of aryl methyl sites for hydroxylation is 1. The van der Waals surface area contributed by atoms with Crippen molar-refractivity contribution in [3.8, 4) is 0 Å². The highest BCUT2D eigenvalue weighted by molar-refractivity contribution is 7.20. The lowest BCUT2D eigenvalue weighted by molar-refractivity contribution is -0.137. The van der Waals surface area contributed by atoms with Crippen molar-refractivity contribution in [3.05, 3.63) is 28.3 Å². The predicted octanol–water partition coefficient (Wildman–Crippen LogP) is 3.41. The van der Waals surface area contributed by atoms with Crippen LogP contribution in [0.4, 0.5) is 13.2 Å². The number of alkyl halides is 3. The van der Waals surface area contributed by atoms with Crippen LogP contribution in [-0.2, 0) is 10.9 Å². The first-order valence-electron chi connectivity index (χ1n) is 4.89. The molecule has 0 N–H and O–H groups in total. The number of nitrogens with zero attached hydrogens (tertiary/aromatic N) is 1. The number of esters is 1. The molecule has 0 saturated heterocycles. The molecule has 7 heteroatoms. The van der Waals surface area contributed by atoms with Crippen LogP contribution < -0.4 is 0 Å². The van der Waals surface area contributed by atoms with Crippen molar-refractivity contribution in [2.75, 3.05) is 7.11 Å². The molecule has 18 heavy (non-hydrogen) atoms. The van der Waals surface area contributed by atoms with Crippen LogP contribution in [0.1, 0.15) is 20.8 Å². The number of carbonyl (C=O) groups is 1. The maximum Gasteiger partial charge on any atom is 0.417 e. The predicted molar refractivity (Wildman–Crippen MR) is 60.7 cm³/mol. The molecule has 96 valence electrons. The molecule has 0 aromatic carbocycles. The molecule has 0 spiro atoms. The third-order valence-corrected chi connectivity index (χ3v) is 3.69. The zero-order valence-electron chi connectivity index (χ0n) is 9.46. The molecule has 2 aromatic heterocycles. The number of aromatic nitrogens is 1. The number of hydrogen-bond donors (Lipinski definition) is 0. The number of methoxy groups -OCH3 is 1. The quantitative estimate of drug-likeness (QED) is 0.749. The number of pyridine rings is 1. The number of fused-ring (bicyclic) bond motifs is 1. The van der Waals surface area contributed by atoms with Gasteiger partial charge in [0.15, 0.2) is 0 Å². The van der Waals surface area contributed by atoms with E-state index in [4.69, 9.17) is 0 Å². The van der Waals surface area contributed by atoms with Crippen molar-refractivity contribution in [1.82, 2.24) is 4.98 Å². The standard InChI is InChI=1S/C11H8F3NO2S/c1-5-7-3-6(11(12,13)14)4-15-9(7)18-8(5)10(16)17-2/h3-4H,1-2H3. The van der Waals surface area contributed by atoms with Gasteiger partial charge in [0, 0.05) is 11.6 Å². The van der Waals surface area contributed by atoms with Gasteiger partial charge in [0.25, 0.3) is 0 Å². The summed E-state index contributed by atoms with van der Waals surface area (Å²) in [6.07, 6.45) is -3.68. The summed E-state index contributed by atoms with van der Waals surface area (Å²) >= 11 is 1.02. The van der Waals surface area contributed by atoms with Crippen LogP contribution >= 0.6 is 11.3 Å². The number of hydrogen-bond acceptors (Lipinski definition) is 4. The Morgan fingerprint density at radius 2 is 2.11 bits per heavy atom. The van der Waals surface area contributed by atoms with E-state index in [0.717, 1.165) is 23.6 Å². The van der Waals surface area contributed by atoms with Crippen LogP contribution in [0.5, 0.6) is 0 Å². The van der Waals surface area contributed by atoms with E-state index in [2.05, 4.69) is 9.72 Å². The van der Waals surface area contributed by atoms with Gasteiger partial charge in [-0.25, -0.2) is 9.78 Å². The van der Waals surface area contributed by atoms with E-state index >= 15 is 0 Å². The molecule has 2 heterocycles. The molecule has 0 atom stereocenters. The Labute approximate surface area is 104 Å². The van der Waals surface area contributed by atoms with E-state index in [-0.39, 0.29) is 4.88 Å². The second kappa shape index (κ2) is 4.24. The first-order valence-corrected chi connectivity index (χ1v) is 5.71. The Bertz CT molecular complexity index is 619. The maximum atomic E-state index is 12.6. The molecule has 0 amide bonds. The van der Waals surface area contributed by atoms with Crippen molar-refractivity contribution in [3.63, 3.8) is 0 Å². The number of ether oxygens (including phenoxy) is 1. The van der Waals surface area contributed by atoms with E-state index < -0.39 is 17.7 Å². The van der Waals surface area contributed by atoms with E-state index in [1.54, 1.807) is 6.92 Å². The van der Waals surface area contributed by atoms with E-state index in [9.17, 15) is 18.0 Å². The molecule has 3 nitrogen and oxygen atoms in total. The van der Waals surface area contributed by atoms with E-state index in [1.165, 1.54) is 7.11 Å². The summed E-state index contributed by atoms with van der Waals surface area (Å²) < 4.78 is 42.2. The van der Waals surface area contributed by atoms with Gasteiger partial charge >= 0.3 is 12.1 Å². The molecule has 2 rings (SSSR count). The van der Waals surface area contributed by atoms with E-state index in [0.29, 0.717) is 15.8 Å². The highest BCUT2D eigenvalue weighted by atomic mass is 32.1. The van der Waals surface area contributed by atoms with Crippen LogP contribution in [0.25, 0.3) is 10.2 Å². The van der Waals surface area contributed by atoms with Crippen LogP contribution in [0.3, 0.4) is 0 Å². The summed E-state index contributed by atoms with van der Waals surface area (Å²) in [6, 6.07) is 1.00. The lowest BCUT2D eigenvalue weighted by Crippen LogP contribution is -2.05. The van der Waals surface area contributed by atoms with Crippen LogP contribution in [0, 0.1) is 6.92 Å². The van der Waals surface area contributed by atoms with Gasteiger partial charge in [-0.15, -0.1) is 11.3 Å². The molecule has 0 radical (unpaired) electrons. The Hall–Kier alpha value is -1.63. The summed E-state index contributed by atoms with van der Waals surface area (Å²) in [5.74, 6) is -0.566. The second-order valence-corrected chi connectivity index (χ2v) is 4.62. The smallest absolute Gasteiger partial charge is 0.417 e. The molecule has 0 unspecified atom stereocenters. The second-order valence-electron chi connectivity index (χ2n) is 3.62. The zero-order valence-corrected chi connectivity index (χ0v) is 10.3. The Morgan fingerprint density at radius 3 is 2.67 bits per heavy atom. The van der Waals surface area contributed by atoms with Crippen molar-refractivity contribution in [2.24, 2.45) is 0 Å². The van der Waals surface area contributed by atoms with Crippen molar-refractivity contribution in [2.45, 2.75) is 13.1 Å². The molecule has 0 aliphatic heterocycles. The summed E-state index contributed by atoms with van der Waals surface area (Å²) in [7, 11) is 1.22. The van der Waals surface area contributed by atoms with Crippen LogP contribution in [0.2, 0.25) is 0 Å². The minimum Gasteiger partial charge on any atom is -0.465 e. The third kappa shape index (κ3) is 2.05. The molecule has 0 bridgehead atoms. The van der Waals surface area contributed by atoms with Crippen molar-refractivity contribution >= 4 is 27.5 Å². The van der Waals surface area contributed by atoms with Gasteiger partial charge in [0.05, 0.1) is 12.7 Å². The molecule has 0 aliphatic rings. The summed E-state index contributed by atoms with van der Waals surface area (Å²) in [5, 5.41) is 0.329. The van der Waals surface area contributed by atoms with Crippen molar-refractivity contribution < 1.29 is 22.7 Å². The molecule has 2 aromatic rings. The monoisotopic (exact) mass is 275 g/mol.